The van der Waals surface area contributed by atoms with E-state index in [1.807, 2.05) is 12.1 Å². The molecule has 0 radical (unpaired) electrons. The fourth-order valence-electron chi connectivity index (χ4n) is 4.51. The second kappa shape index (κ2) is 9.33. The van der Waals surface area contributed by atoms with Crippen LogP contribution in [0.4, 0.5) is 0 Å². The molecule has 2 aromatic carbocycles. The lowest BCUT2D eigenvalue weighted by molar-refractivity contribution is 0.241. The van der Waals surface area contributed by atoms with Crippen molar-refractivity contribution in [3.63, 3.8) is 0 Å². The molecule has 0 saturated carbocycles. The van der Waals surface area contributed by atoms with E-state index in [1.165, 1.54) is 11.1 Å². The predicted octanol–water partition coefficient (Wildman–Crippen LogP) is 3.43. The minimum atomic E-state index is -3.49. The molecule has 6 nitrogen and oxygen atoms in total. The molecule has 2 N–H and O–H groups in total. The van der Waals surface area contributed by atoms with E-state index >= 15 is 0 Å². The minimum absolute atomic E-state index is 0.281. The number of nitrogens with one attached hydrogen (secondary N) is 2. The van der Waals surface area contributed by atoms with Crippen LogP contribution in [-0.2, 0) is 16.6 Å². The zero-order valence-electron chi connectivity index (χ0n) is 19.3. The van der Waals surface area contributed by atoms with Crippen molar-refractivity contribution in [3.05, 3.63) is 65.2 Å². The van der Waals surface area contributed by atoms with E-state index in [0.717, 1.165) is 24.5 Å². The summed E-state index contributed by atoms with van der Waals surface area (Å²) >= 11 is 0. The summed E-state index contributed by atoms with van der Waals surface area (Å²) in [5.41, 5.74) is 3.32. The molecule has 0 aliphatic carbocycles. The summed E-state index contributed by atoms with van der Waals surface area (Å²) in [6.45, 7) is 9.53. The molecule has 172 valence electrons. The van der Waals surface area contributed by atoms with Crippen LogP contribution in [0.2, 0.25) is 0 Å². The predicted molar refractivity (Wildman–Crippen MR) is 130 cm³/mol. The number of nitrogens with zero attached hydrogens (tertiary/aromatic N) is 2. The lowest BCUT2D eigenvalue weighted by Gasteiger charge is -2.44. The largest absolute Gasteiger partial charge is 0.368 e. The number of sulfonamides is 1. The quantitative estimate of drug-likeness (QED) is 0.726. The monoisotopic (exact) mass is 454 g/mol. The zero-order valence-corrected chi connectivity index (χ0v) is 20.1. The van der Waals surface area contributed by atoms with Crippen LogP contribution in [0.5, 0.6) is 0 Å². The molecule has 2 aliphatic rings. The van der Waals surface area contributed by atoms with Gasteiger partial charge < -0.3 is 10.6 Å². The number of benzene rings is 2. The van der Waals surface area contributed by atoms with Crippen molar-refractivity contribution < 1.29 is 8.42 Å². The van der Waals surface area contributed by atoms with Crippen molar-refractivity contribution in [2.75, 3.05) is 26.2 Å². The number of piperidine rings is 1. The first-order valence-electron chi connectivity index (χ1n) is 11.5. The number of rotatable bonds is 5. The highest BCUT2D eigenvalue weighted by atomic mass is 32.2. The highest BCUT2D eigenvalue weighted by molar-refractivity contribution is 7.89. The van der Waals surface area contributed by atoms with E-state index in [1.54, 1.807) is 16.4 Å². The van der Waals surface area contributed by atoms with Gasteiger partial charge in [0.25, 0.3) is 0 Å². The van der Waals surface area contributed by atoms with Crippen LogP contribution in [0.3, 0.4) is 0 Å². The normalized spacial score (nSPS) is 19.2. The van der Waals surface area contributed by atoms with Gasteiger partial charge >= 0.3 is 0 Å². The lowest BCUT2D eigenvalue weighted by Crippen LogP contribution is -2.64. The van der Waals surface area contributed by atoms with Gasteiger partial charge in [-0.3, -0.25) is 4.99 Å². The Morgan fingerprint density at radius 1 is 1.06 bits per heavy atom. The molecule has 2 aromatic rings. The van der Waals surface area contributed by atoms with Crippen molar-refractivity contribution in [3.8, 4) is 0 Å². The number of aliphatic imine (C=N–C) groups is 1. The fraction of sp³-hybridized carbons (Fsp3) is 0.480. The van der Waals surface area contributed by atoms with Gasteiger partial charge in [-0.1, -0.05) is 55.8 Å². The van der Waals surface area contributed by atoms with E-state index in [-0.39, 0.29) is 5.54 Å². The molecule has 1 spiro atoms. The summed E-state index contributed by atoms with van der Waals surface area (Å²) in [7, 11) is -3.49. The van der Waals surface area contributed by atoms with E-state index in [0.29, 0.717) is 43.3 Å². The maximum Gasteiger partial charge on any atom is 0.243 e. The SMILES string of the molecule is Cc1ccc(CNC2=NCCNC23CCN(S(=O)(=O)c2ccc(C(C)C)cc2)CC3)cc1. The maximum atomic E-state index is 13.2. The van der Waals surface area contributed by atoms with Gasteiger partial charge in [0.1, 0.15) is 5.84 Å². The number of hydrogen-bond donors (Lipinski definition) is 2. The Hall–Kier alpha value is -2.22. The molecule has 1 fully saturated rings. The number of amidine groups is 1. The molecule has 0 bridgehead atoms. The van der Waals surface area contributed by atoms with E-state index in [9.17, 15) is 8.42 Å². The first-order chi connectivity index (χ1) is 15.3. The van der Waals surface area contributed by atoms with Crippen molar-refractivity contribution in [1.82, 2.24) is 14.9 Å². The molecule has 32 heavy (non-hydrogen) atoms. The van der Waals surface area contributed by atoms with Crippen LogP contribution in [0, 0.1) is 6.92 Å². The van der Waals surface area contributed by atoms with Gasteiger partial charge in [0.05, 0.1) is 17.0 Å². The second-order valence-corrected chi connectivity index (χ2v) is 11.1. The lowest BCUT2D eigenvalue weighted by atomic mass is 9.85. The second-order valence-electron chi connectivity index (χ2n) is 9.21. The summed E-state index contributed by atoms with van der Waals surface area (Å²) in [6, 6.07) is 15.8. The van der Waals surface area contributed by atoms with Crippen molar-refractivity contribution >= 4 is 15.9 Å². The highest BCUT2D eigenvalue weighted by Gasteiger charge is 2.43. The van der Waals surface area contributed by atoms with Gasteiger partial charge in [-0.25, -0.2) is 8.42 Å². The minimum Gasteiger partial charge on any atom is -0.368 e. The standard InChI is InChI=1S/C25H34N4O2S/c1-19(2)22-8-10-23(11-9-22)32(30,31)29-16-12-25(13-17-29)24(26-14-15-28-25)27-18-21-6-4-20(3)5-7-21/h4-11,19,28H,12-18H2,1-3H3,(H,26,27). The summed E-state index contributed by atoms with van der Waals surface area (Å²) in [6.07, 6.45) is 1.41. The molecule has 7 heteroatoms. The Morgan fingerprint density at radius 3 is 2.34 bits per heavy atom. The van der Waals surface area contributed by atoms with E-state index < -0.39 is 10.0 Å². The molecular weight excluding hydrogens is 420 g/mol. The molecular formula is C25H34N4O2S. The summed E-state index contributed by atoms with van der Waals surface area (Å²) in [4.78, 5) is 5.16. The highest BCUT2D eigenvalue weighted by Crippen LogP contribution is 2.29. The van der Waals surface area contributed by atoms with Gasteiger partial charge in [0.2, 0.25) is 10.0 Å². The Kier molecular flexibility index (Phi) is 6.70. The van der Waals surface area contributed by atoms with E-state index in [2.05, 4.69) is 55.7 Å². The average molecular weight is 455 g/mol. The Labute approximate surface area is 192 Å². The average Bonchev–Trinajstić information content (AvgIpc) is 2.80. The molecule has 2 heterocycles. The van der Waals surface area contributed by atoms with Crippen molar-refractivity contribution in [2.24, 2.45) is 4.99 Å². The van der Waals surface area contributed by atoms with Crippen molar-refractivity contribution in [2.45, 2.75) is 56.5 Å². The van der Waals surface area contributed by atoms with Gasteiger partial charge in [0, 0.05) is 26.2 Å². The van der Waals surface area contributed by atoms with Crippen LogP contribution >= 0.6 is 0 Å². The van der Waals surface area contributed by atoms with Gasteiger partial charge in [0.15, 0.2) is 0 Å². The van der Waals surface area contributed by atoms with Gasteiger partial charge in [-0.15, -0.1) is 0 Å². The summed E-state index contributed by atoms with van der Waals surface area (Å²) < 4.78 is 28.1. The molecule has 2 aliphatic heterocycles. The third-order valence-electron chi connectivity index (χ3n) is 6.64. The summed E-state index contributed by atoms with van der Waals surface area (Å²) in [5, 5.41) is 7.19. The molecule has 4 rings (SSSR count). The molecule has 0 aromatic heterocycles. The van der Waals surface area contributed by atoms with Crippen LogP contribution in [0.25, 0.3) is 0 Å². The van der Waals surface area contributed by atoms with Crippen LogP contribution < -0.4 is 10.6 Å². The van der Waals surface area contributed by atoms with E-state index in [4.69, 9.17) is 4.99 Å². The molecule has 1 saturated heterocycles. The maximum absolute atomic E-state index is 13.2. The van der Waals surface area contributed by atoms with Crippen LogP contribution in [-0.4, -0.2) is 50.3 Å². The molecule has 0 unspecified atom stereocenters. The van der Waals surface area contributed by atoms with Crippen LogP contribution in [0.1, 0.15) is 49.3 Å². The number of hydrogen-bond acceptors (Lipinski definition) is 5. The topological polar surface area (TPSA) is 73.8 Å². The van der Waals surface area contributed by atoms with Crippen LogP contribution in [0.15, 0.2) is 58.4 Å². The third kappa shape index (κ3) is 4.75. The smallest absolute Gasteiger partial charge is 0.243 e. The first-order valence-corrected chi connectivity index (χ1v) is 12.9. The zero-order chi connectivity index (χ0) is 22.8. The Bertz CT molecular complexity index is 1050. The van der Waals surface area contributed by atoms with Gasteiger partial charge in [-0.2, -0.15) is 4.31 Å². The third-order valence-corrected chi connectivity index (χ3v) is 8.55. The number of aryl methyl sites for hydroxylation is 1. The van der Waals surface area contributed by atoms with Crippen molar-refractivity contribution in [1.29, 1.82) is 0 Å². The first kappa shape index (κ1) is 23.0. The van der Waals surface area contributed by atoms with Gasteiger partial charge in [-0.05, 0) is 48.9 Å². The fourth-order valence-corrected chi connectivity index (χ4v) is 5.95. The molecule has 0 amide bonds. The molecule has 0 atom stereocenters. The summed E-state index contributed by atoms with van der Waals surface area (Å²) in [5.74, 6) is 1.34. The Morgan fingerprint density at radius 2 is 1.72 bits per heavy atom. The Balaban J connectivity index is 1.43.